The van der Waals surface area contributed by atoms with Gasteiger partial charge in [0.1, 0.15) is 17.5 Å². The molecule has 0 spiro atoms. The van der Waals surface area contributed by atoms with Crippen molar-refractivity contribution < 1.29 is 28.5 Å². The molecule has 0 heterocycles. The first-order valence-electron chi connectivity index (χ1n) is 4.74. The Bertz CT molecular complexity index is 395. The highest BCUT2D eigenvalue weighted by molar-refractivity contribution is 5.40. The predicted molar refractivity (Wildman–Crippen MR) is 53.4 cm³/mol. The van der Waals surface area contributed by atoms with Crippen LogP contribution in [-0.2, 0) is 0 Å². The number of alkyl halides is 3. The zero-order valence-electron chi connectivity index (χ0n) is 8.65. The molecule has 0 bridgehead atoms. The quantitative estimate of drug-likeness (QED) is 0.654. The molecule has 0 radical (unpaired) electrons. The van der Waals surface area contributed by atoms with E-state index in [4.69, 9.17) is 10.8 Å². The number of rotatable bonds is 3. The smallest absolute Gasteiger partial charge is 0.403 e. The molecule has 2 atom stereocenters. The van der Waals surface area contributed by atoms with Gasteiger partial charge in [0.25, 0.3) is 0 Å². The number of aliphatic hydroxyl groups excluding tert-OH is 1. The van der Waals surface area contributed by atoms with Crippen LogP contribution in [0.15, 0.2) is 18.2 Å². The van der Waals surface area contributed by atoms with Crippen molar-refractivity contribution in [3.05, 3.63) is 23.8 Å². The maximum atomic E-state index is 12.2. The molecule has 0 amide bonds. The summed E-state index contributed by atoms with van der Waals surface area (Å²) in [6.45, 7) is 0. The normalized spacial score (nSPS) is 15.6. The molecular weight excluding hydrogens is 239 g/mol. The second kappa shape index (κ2) is 4.80. The monoisotopic (exact) mass is 251 g/mol. The summed E-state index contributed by atoms with van der Waals surface area (Å²) in [5, 5.41) is 27.8. The molecule has 1 aromatic rings. The number of phenols is 2. The fourth-order valence-corrected chi connectivity index (χ4v) is 1.31. The topological polar surface area (TPSA) is 86.7 Å². The zero-order chi connectivity index (χ0) is 13.2. The molecule has 7 heteroatoms. The van der Waals surface area contributed by atoms with Crippen LogP contribution in [0.4, 0.5) is 13.2 Å². The Kier molecular flexibility index (Phi) is 3.84. The third kappa shape index (κ3) is 3.50. The van der Waals surface area contributed by atoms with E-state index in [9.17, 15) is 23.4 Å². The second-order valence-corrected chi connectivity index (χ2v) is 3.64. The van der Waals surface area contributed by atoms with Gasteiger partial charge >= 0.3 is 6.18 Å². The fourth-order valence-electron chi connectivity index (χ4n) is 1.31. The summed E-state index contributed by atoms with van der Waals surface area (Å²) in [6, 6.07) is 1.04. The number of hydrogen-bond donors (Lipinski definition) is 4. The molecule has 0 fully saturated rings. The van der Waals surface area contributed by atoms with Crippen molar-refractivity contribution in [3.63, 3.8) is 0 Å². The van der Waals surface area contributed by atoms with Crippen LogP contribution in [0, 0.1) is 0 Å². The first-order valence-corrected chi connectivity index (χ1v) is 4.74. The van der Waals surface area contributed by atoms with Crippen molar-refractivity contribution >= 4 is 0 Å². The Balaban J connectivity index is 2.80. The molecule has 17 heavy (non-hydrogen) atoms. The Morgan fingerprint density at radius 1 is 1.24 bits per heavy atom. The maximum absolute atomic E-state index is 12.2. The Hall–Kier alpha value is -1.47. The number of halogens is 3. The molecule has 0 saturated carbocycles. The summed E-state index contributed by atoms with van der Waals surface area (Å²) >= 11 is 0. The van der Waals surface area contributed by atoms with Gasteiger partial charge in [-0.2, -0.15) is 13.2 Å². The summed E-state index contributed by atoms with van der Waals surface area (Å²) in [6.07, 6.45) is -6.91. The Labute approximate surface area is 95.1 Å². The van der Waals surface area contributed by atoms with Gasteiger partial charge in [-0.25, -0.2) is 0 Å². The zero-order valence-corrected chi connectivity index (χ0v) is 8.65. The predicted octanol–water partition coefficient (Wildman–Crippen LogP) is 1.41. The number of hydrogen-bond acceptors (Lipinski definition) is 4. The van der Waals surface area contributed by atoms with Crippen molar-refractivity contribution in [1.29, 1.82) is 0 Å². The van der Waals surface area contributed by atoms with Gasteiger partial charge in [-0.05, 0) is 12.1 Å². The second-order valence-electron chi connectivity index (χ2n) is 3.64. The summed E-state index contributed by atoms with van der Waals surface area (Å²) in [7, 11) is 0. The van der Waals surface area contributed by atoms with Crippen molar-refractivity contribution in [2.24, 2.45) is 5.73 Å². The van der Waals surface area contributed by atoms with Gasteiger partial charge in [-0.1, -0.05) is 0 Å². The minimum Gasteiger partial charge on any atom is -0.508 e. The average molecular weight is 251 g/mol. The van der Waals surface area contributed by atoms with Crippen LogP contribution in [0.25, 0.3) is 0 Å². The van der Waals surface area contributed by atoms with Gasteiger partial charge in [0.05, 0.1) is 6.10 Å². The summed E-state index contributed by atoms with van der Waals surface area (Å²) in [5.41, 5.74) is 4.74. The van der Waals surface area contributed by atoms with Crippen molar-refractivity contribution in [1.82, 2.24) is 0 Å². The highest BCUT2D eigenvalue weighted by Gasteiger charge is 2.38. The Morgan fingerprint density at radius 2 is 1.82 bits per heavy atom. The lowest BCUT2D eigenvalue weighted by Gasteiger charge is -2.19. The van der Waals surface area contributed by atoms with E-state index in [1.807, 2.05) is 0 Å². The van der Waals surface area contributed by atoms with Gasteiger partial charge < -0.3 is 21.1 Å². The molecule has 4 nitrogen and oxygen atoms in total. The van der Waals surface area contributed by atoms with E-state index in [-0.39, 0.29) is 11.3 Å². The van der Waals surface area contributed by atoms with Crippen LogP contribution >= 0.6 is 0 Å². The number of benzene rings is 1. The molecule has 0 aliphatic rings. The van der Waals surface area contributed by atoms with Crippen molar-refractivity contribution in [2.75, 3.05) is 0 Å². The molecule has 0 aliphatic heterocycles. The number of nitrogens with two attached hydrogens (primary N) is 1. The Morgan fingerprint density at radius 3 is 2.29 bits per heavy atom. The van der Waals surface area contributed by atoms with Gasteiger partial charge in [0.2, 0.25) is 0 Å². The number of aliphatic hydroxyl groups is 1. The van der Waals surface area contributed by atoms with E-state index < -0.39 is 30.5 Å². The average Bonchev–Trinajstić information content (AvgIpc) is 2.15. The van der Waals surface area contributed by atoms with Gasteiger partial charge in [-0.15, -0.1) is 0 Å². The molecule has 0 aliphatic carbocycles. The molecule has 1 rings (SSSR count). The maximum Gasteiger partial charge on any atom is 0.403 e. The van der Waals surface area contributed by atoms with E-state index in [1.54, 1.807) is 0 Å². The third-order valence-corrected chi connectivity index (χ3v) is 2.27. The van der Waals surface area contributed by atoms with E-state index in [1.165, 1.54) is 0 Å². The number of aromatic hydroxyl groups is 2. The van der Waals surface area contributed by atoms with Crippen LogP contribution in [0.5, 0.6) is 11.5 Å². The summed E-state index contributed by atoms with van der Waals surface area (Å²) in [5.74, 6) is -0.731. The van der Waals surface area contributed by atoms with Crippen LogP contribution < -0.4 is 5.73 Å². The molecule has 1 aromatic carbocycles. The largest absolute Gasteiger partial charge is 0.508 e. The van der Waals surface area contributed by atoms with Crippen LogP contribution in [0.2, 0.25) is 0 Å². The molecule has 96 valence electrons. The SMILES string of the molecule is N[C@H](C[C@H](O)c1ccc(O)cc1O)C(F)(F)F. The molecule has 5 N–H and O–H groups in total. The van der Waals surface area contributed by atoms with Gasteiger partial charge in [-0.3, -0.25) is 0 Å². The lowest BCUT2D eigenvalue weighted by molar-refractivity contribution is -0.153. The highest BCUT2D eigenvalue weighted by Crippen LogP contribution is 2.32. The van der Waals surface area contributed by atoms with Gasteiger partial charge in [0, 0.05) is 18.1 Å². The van der Waals surface area contributed by atoms with Crippen molar-refractivity contribution in [3.8, 4) is 11.5 Å². The summed E-state index contributed by atoms with van der Waals surface area (Å²) < 4.78 is 36.5. The lowest BCUT2D eigenvalue weighted by Crippen LogP contribution is -2.38. The van der Waals surface area contributed by atoms with Crippen LogP contribution in [0.3, 0.4) is 0 Å². The van der Waals surface area contributed by atoms with E-state index in [2.05, 4.69) is 0 Å². The molecule has 0 unspecified atom stereocenters. The molecular formula is C10H12F3NO3. The first-order chi connectivity index (χ1) is 7.71. The highest BCUT2D eigenvalue weighted by atomic mass is 19.4. The van der Waals surface area contributed by atoms with Crippen molar-refractivity contribution in [2.45, 2.75) is 24.7 Å². The molecule has 0 aromatic heterocycles. The lowest BCUT2D eigenvalue weighted by atomic mass is 10.0. The van der Waals surface area contributed by atoms with E-state index in [0.717, 1.165) is 18.2 Å². The minimum absolute atomic E-state index is 0.109. The molecule has 0 saturated heterocycles. The van der Waals surface area contributed by atoms with E-state index in [0.29, 0.717) is 0 Å². The third-order valence-electron chi connectivity index (χ3n) is 2.27. The van der Waals surface area contributed by atoms with Crippen LogP contribution in [0.1, 0.15) is 18.1 Å². The van der Waals surface area contributed by atoms with Gasteiger partial charge in [0.15, 0.2) is 0 Å². The fraction of sp³-hybridized carbons (Fsp3) is 0.400. The first kappa shape index (κ1) is 13.6. The standard InChI is InChI=1S/C10H12F3NO3/c11-10(12,13)9(14)4-8(17)6-2-1-5(15)3-7(6)16/h1-3,8-9,15-17H,4,14H2/t8-,9+/m0/s1. The van der Waals surface area contributed by atoms with Crippen LogP contribution in [-0.4, -0.2) is 27.5 Å². The minimum atomic E-state index is -4.60. The summed E-state index contributed by atoms with van der Waals surface area (Å²) in [4.78, 5) is 0. The van der Waals surface area contributed by atoms with E-state index >= 15 is 0 Å². The number of phenolic OH excluding ortho intramolecular Hbond substituents is 2.